The van der Waals surface area contributed by atoms with Crippen molar-refractivity contribution < 1.29 is 19.4 Å². The fourth-order valence-corrected chi connectivity index (χ4v) is 3.06. The van der Waals surface area contributed by atoms with E-state index in [2.05, 4.69) is 4.98 Å². The fraction of sp³-hybridized carbons (Fsp3) is 0.350. The number of ether oxygens (including phenoxy) is 1. The maximum absolute atomic E-state index is 11.4. The topological polar surface area (TPSA) is 106 Å². The second-order valence-corrected chi connectivity index (χ2v) is 6.70. The van der Waals surface area contributed by atoms with Crippen molar-refractivity contribution in [1.82, 2.24) is 4.98 Å². The number of carbonyl (C=O) groups is 2. The molecule has 7 heteroatoms. The second kappa shape index (κ2) is 7.75. The first-order valence-electron chi connectivity index (χ1n) is 8.88. The number of aliphatic hydroxyl groups is 1. The van der Waals surface area contributed by atoms with Crippen LogP contribution in [0.4, 0.5) is 5.69 Å². The van der Waals surface area contributed by atoms with Crippen molar-refractivity contribution in [3.8, 4) is 5.75 Å². The molecule has 0 unspecified atom stereocenters. The Hall–Kier alpha value is -2.93. The van der Waals surface area contributed by atoms with Gasteiger partial charge in [-0.25, -0.2) is 0 Å². The van der Waals surface area contributed by atoms with Crippen LogP contribution in [-0.4, -0.2) is 35.6 Å². The zero-order chi connectivity index (χ0) is 19.4. The summed E-state index contributed by atoms with van der Waals surface area (Å²) in [6.45, 7) is 0.472. The van der Waals surface area contributed by atoms with Crippen LogP contribution in [0.25, 0.3) is 0 Å². The molecular formula is C20H23N3O4. The molecule has 4 rings (SSSR count). The van der Waals surface area contributed by atoms with E-state index in [-0.39, 0.29) is 11.6 Å². The maximum atomic E-state index is 11.4. The van der Waals surface area contributed by atoms with Gasteiger partial charge in [-0.2, -0.15) is 0 Å². The lowest BCUT2D eigenvalue weighted by Gasteiger charge is -2.37. The van der Waals surface area contributed by atoms with E-state index in [4.69, 9.17) is 10.5 Å². The van der Waals surface area contributed by atoms with E-state index < -0.39 is 11.5 Å². The summed E-state index contributed by atoms with van der Waals surface area (Å²) in [6, 6.07) is 10.9. The fourth-order valence-electron chi connectivity index (χ4n) is 3.06. The maximum Gasteiger partial charge on any atom is 0.267 e. The summed E-state index contributed by atoms with van der Waals surface area (Å²) >= 11 is 0. The Bertz CT molecular complexity index is 849. The van der Waals surface area contributed by atoms with E-state index in [0.29, 0.717) is 13.0 Å². The van der Waals surface area contributed by atoms with Crippen LogP contribution in [0.15, 0.2) is 42.6 Å². The number of amides is 2. The highest BCUT2D eigenvalue weighted by Gasteiger charge is 2.36. The summed E-state index contributed by atoms with van der Waals surface area (Å²) in [4.78, 5) is 27.8. The third-order valence-electron chi connectivity index (χ3n) is 4.90. The number of anilines is 1. The normalized spacial score (nSPS) is 17.4. The van der Waals surface area contributed by atoms with E-state index in [1.165, 1.54) is 6.20 Å². The Kier molecular flexibility index (Phi) is 5.41. The Morgan fingerprint density at radius 1 is 1.30 bits per heavy atom. The first-order valence-corrected chi connectivity index (χ1v) is 8.88. The molecule has 1 aromatic carbocycles. The van der Waals surface area contributed by atoms with Crippen molar-refractivity contribution in [2.75, 3.05) is 18.6 Å². The number of nitrogens with two attached hydrogens (primary N) is 1. The standard InChI is InChI=1S/C10H12N2O2.C10H11NO2/c11-9(13)8-6-7(2-5-12-8)10(14)3-1-4-10;1-11-8-4-2-3-5-9(8)13-7-6-10(11)12/h2,5-6,14H,1,3-4H2,(H2,11,13);2-5H,6-7H2,1H3. The molecule has 1 fully saturated rings. The molecule has 0 spiro atoms. The van der Waals surface area contributed by atoms with Crippen LogP contribution in [0.1, 0.15) is 41.7 Å². The van der Waals surface area contributed by atoms with Crippen molar-refractivity contribution in [3.63, 3.8) is 0 Å². The molecule has 0 bridgehead atoms. The van der Waals surface area contributed by atoms with Gasteiger partial charge in [0.2, 0.25) is 5.91 Å². The first kappa shape index (κ1) is 18.8. The minimum atomic E-state index is -0.757. The van der Waals surface area contributed by atoms with Gasteiger partial charge in [0.15, 0.2) is 0 Å². The Morgan fingerprint density at radius 2 is 2.04 bits per heavy atom. The number of rotatable bonds is 2. The van der Waals surface area contributed by atoms with Crippen LogP contribution >= 0.6 is 0 Å². The van der Waals surface area contributed by atoms with Crippen molar-refractivity contribution in [3.05, 3.63) is 53.9 Å². The van der Waals surface area contributed by atoms with Crippen LogP contribution in [0.3, 0.4) is 0 Å². The molecule has 0 atom stereocenters. The SMILES string of the molecule is CN1C(=O)CCOc2ccccc21.NC(=O)c1cc(C2(O)CCC2)ccn1. The number of pyridine rings is 1. The lowest BCUT2D eigenvalue weighted by Crippen LogP contribution is -2.34. The molecular weight excluding hydrogens is 346 g/mol. The van der Waals surface area contributed by atoms with Crippen molar-refractivity contribution >= 4 is 17.5 Å². The number of aromatic nitrogens is 1. The van der Waals surface area contributed by atoms with E-state index in [1.807, 2.05) is 24.3 Å². The lowest BCUT2D eigenvalue weighted by molar-refractivity contribution is -0.118. The Labute approximate surface area is 157 Å². The zero-order valence-electron chi connectivity index (χ0n) is 15.2. The van der Waals surface area contributed by atoms with Gasteiger partial charge in [-0.15, -0.1) is 0 Å². The van der Waals surface area contributed by atoms with Crippen molar-refractivity contribution in [2.24, 2.45) is 5.73 Å². The second-order valence-electron chi connectivity index (χ2n) is 6.70. The van der Waals surface area contributed by atoms with E-state index in [0.717, 1.165) is 36.3 Å². The number of primary amides is 1. The quantitative estimate of drug-likeness (QED) is 0.842. The summed E-state index contributed by atoms with van der Waals surface area (Å²) < 4.78 is 5.43. The number of benzene rings is 1. The molecule has 2 amide bonds. The largest absolute Gasteiger partial charge is 0.491 e. The number of carbonyl (C=O) groups excluding carboxylic acids is 2. The molecule has 1 saturated carbocycles. The predicted molar refractivity (Wildman–Crippen MR) is 100 cm³/mol. The third-order valence-corrected chi connectivity index (χ3v) is 4.90. The lowest BCUT2D eigenvalue weighted by atomic mass is 9.75. The highest BCUT2D eigenvalue weighted by Crippen LogP contribution is 2.40. The summed E-state index contributed by atoms with van der Waals surface area (Å²) in [5.41, 5.74) is 6.15. The number of hydrogen-bond donors (Lipinski definition) is 2. The summed E-state index contributed by atoms with van der Waals surface area (Å²) in [7, 11) is 1.77. The van der Waals surface area contributed by atoms with Gasteiger partial charge >= 0.3 is 0 Å². The molecule has 1 aliphatic heterocycles. The van der Waals surface area contributed by atoms with Gasteiger partial charge in [0.05, 0.1) is 24.3 Å². The summed E-state index contributed by atoms with van der Waals surface area (Å²) in [5.74, 6) is 0.329. The zero-order valence-corrected chi connectivity index (χ0v) is 15.2. The molecule has 2 heterocycles. The molecule has 3 N–H and O–H groups in total. The molecule has 7 nitrogen and oxygen atoms in total. The molecule has 2 aliphatic rings. The van der Waals surface area contributed by atoms with Crippen molar-refractivity contribution in [2.45, 2.75) is 31.3 Å². The van der Waals surface area contributed by atoms with Crippen LogP contribution in [0.5, 0.6) is 5.75 Å². The monoisotopic (exact) mass is 369 g/mol. The molecule has 2 aromatic rings. The van der Waals surface area contributed by atoms with Crippen LogP contribution in [0, 0.1) is 0 Å². The molecule has 1 aromatic heterocycles. The van der Waals surface area contributed by atoms with Gasteiger partial charge in [0, 0.05) is 13.2 Å². The third kappa shape index (κ3) is 4.09. The van der Waals surface area contributed by atoms with Gasteiger partial charge in [0.25, 0.3) is 5.91 Å². The number of hydrogen-bond acceptors (Lipinski definition) is 5. The van der Waals surface area contributed by atoms with Gasteiger partial charge in [-0.05, 0) is 49.1 Å². The van der Waals surface area contributed by atoms with Crippen LogP contribution in [0.2, 0.25) is 0 Å². The van der Waals surface area contributed by atoms with Crippen LogP contribution < -0.4 is 15.4 Å². The highest BCUT2D eigenvalue weighted by atomic mass is 16.5. The predicted octanol–water partition coefficient (Wildman–Crippen LogP) is 1.98. The smallest absolute Gasteiger partial charge is 0.267 e. The molecule has 142 valence electrons. The number of nitrogens with zero attached hydrogens (tertiary/aromatic N) is 2. The van der Waals surface area contributed by atoms with Crippen LogP contribution in [-0.2, 0) is 10.4 Å². The van der Waals surface area contributed by atoms with E-state index in [9.17, 15) is 14.7 Å². The van der Waals surface area contributed by atoms with Gasteiger partial charge in [-0.3, -0.25) is 14.6 Å². The summed E-state index contributed by atoms with van der Waals surface area (Å²) in [6.07, 6.45) is 4.46. The van der Waals surface area contributed by atoms with Gasteiger partial charge in [-0.1, -0.05) is 12.1 Å². The summed E-state index contributed by atoms with van der Waals surface area (Å²) in [5, 5.41) is 10.0. The Morgan fingerprint density at radius 3 is 2.70 bits per heavy atom. The average Bonchev–Trinajstić information content (AvgIpc) is 2.80. The van der Waals surface area contributed by atoms with E-state index >= 15 is 0 Å². The highest BCUT2D eigenvalue weighted by molar-refractivity contribution is 5.95. The first-order chi connectivity index (χ1) is 12.9. The minimum absolute atomic E-state index is 0.102. The van der Waals surface area contributed by atoms with Crippen molar-refractivity contribution in [1.29, 1.82) is 0 Å². The molecule has 27 heavy (non-hydrogen) atoms. The number of fused-ring (bicyclic) bond motifs is 1. The van der Waals surface area contributed by atoms with E-state index in [1.54, 1.807) is 24.1 Å². The number of para-hydroxylation sites is 2. The minimum Gasteiger partial charge on any atom is -0.491 e. The van der Waals surface area contributed by atoms with Gasteiger partial charge in [0.1, 0.15) is 11.4 Å². The van der Waals surface area contributed by atoms with Gasteiger partial charge < -0.3 is 20.5 Å². The molecule has 1 aliphatic carbocycles. The Balaban J connectivity index is 0.000000156. The molecule has 0 saturated heterocycles. The average molecular weight is 369 g/mol. The molecule has 0 radical (unpaired) electrons.